The Morgan fingerprint density at radius 2 is 1.93 bits per heavy atom. The lowest BCUT2D eigenvalue weighted by molar-refractivity contribution is -0.384. The van der Waals surface area contributed by atoms with Crippen molar-refractivity contribution in [2.45, 2.75) is 27.4 Å². The molecular formula is C29H38N8O5. The molecule has 0 amide bonds. The predicted octanol–water partition coefficient (Wildman–Crippen LogP) is 4.89. The summed E-state index contributed by atoms with van der Waals surface area (Å²) in [6, 6.07) is 6.70. The van der Waals surface area contributed by atoms with Gasteiger partial charge in [-0.05, 0) is 40.1 Å². The zero-order valence-corrected chi connectivity index (χ0v) is 24.2. The highest BCUT2D eigenvalue weighted by atomic mass is 16.6. The number of hydrogen-bond acceptors (Lipinski definition) is 11. The normalized spacial score (nSPS) is 11.0. The van der Waals surface area contributed by atoms with Crippen molar-refractivity contribution >= 4 is 40.0 Å². The van der Waals surface area contributed by atoms with E-state index < -0.39 is 10.9 Å². The number of anilines is 3. The fourth-order valence-corrected chi connectivity index (χ4v) is 4.34. The molecule has 224 valence electrons. The van der Waals surface area contributed by atoms with Crippen LogP contribution in [0.4, 0.5) is 23.0 Å². The first-order valence-electron chi connectivity index (χ1n) is 13.0. The number of aromatic nitrogens is 4. The van der Waals surface area contributed by atoms with Crippen molar-refractivity contribution in [1.82, 2.24) is 24.4 Å². The number of nitrogens with one attached hydrogen (secondary N) is 1. The van der Waals surface area contributed by atoms with Crippen LogP contribution >= 0.6 is 0 Å². The van der Waals surface area contributed by atoms with Crippen LogP contribution in [0.2, 0.25) is 0 Å². The highest BCUT2D eigenvalue weighted by Gasteiger charge is 2.25. The van der Waals surface area contributed by atoms with Crippen molar-refractivity contribution in [2.24, 2.45) is 7.05 Å². The lowest BCUT2D eigenvalue weighted by Gasteiger charge is -2.22. The van der Waals surface area contributed by atoms with Crippen molar-refractivity contribution in [3.05, 3.63) is 58.5 Å². The largest absolute Gasteiger partial charge is 0.494 e. The van der Waals surface area contributed by atoms with Gasteiger partial charge in [-0.25, -0.2) is 19.7 Å². The zero-order chi connectivity index (χ0) is 29.8. The van der Waals surface area contributed by atoms with E-state index in [2.05, 4.69) is 20.3 Å². The molecule has 0 unspecified atom stereocenters. The topological polar surface area (TPSA) is 141 Å². The Hall–Kier alpha value is -4.78. The van der Waals surface area contributed by atoms with Crippen LogP contribution in [0.5, 0.6) is 5.75 Å². The number of carbonyl (C=O) groups excluding carboxylic acids is 1. The van der Waals surface area contributed by atoms with Crippen LogP contribution in [0.3, 0.4) is 0 Å². The van der Waals surface area contributed by atoms with Crippen molar-refractivity contribution in [3.63, 3.8) is 0 Å². The molecule has 0 saturated carbocycles. The van der Waals surface area contributed by atoms with Gasteiger partial charge < -0.3 is 29.2 Å². The Morgan fingerprint density at radius 1 is 1.19 bits per heavy atom. The smallest absolute Gasteiger partial charge is 0.342 e. The van der Waals surface area contributed by atoms with E-state index in [9.17, 15) is 14.9 Å². The molecule has 1 N–H and O–H groups in total. The summed E-state index contributed by atoms with van der Waals surface area (Å²) in [5.74, 6) is -0.0887. The lowest BCUT2D eigenvalue weighted by atomic mass is 10.1. The Kier molecular flexibility index (Phi) is 10.0. The molecule has 4 rings (SSSR count). The molecule has 0 atom stereocenters. The second-order valence-corrected chi connectivity index (χ2v) is 10.1. The number of likely N-dealkylation sites (N-methyl/N-ethyl adjacent to an activating group) is 2. The monoisotopic (exact) mass is 578 g/mol. The number of hydrogen-bond donors (Lipinski definition) is 1. The number of fused-ring (bicyclic) bond motifs is 1. The minimum atomic E-state index is -0.569. The van der Waals surface area contributed by atoms with E-state index in [0.29, 0.717) is 47.1 Å². The maximum Gasteiger partial charge on any atom is 0.342 e. The lowest BCUT2D eigenvalue weighted by Crippen LogP contribution is -2.29. The Labute approximate surface area is 245 Å². The highest BCUT2D eigenvalue weighted by molar-refractivity contribution is 6.02. The molecule has 1 aromatic carbocycles. The molecule has 0 aliphatic rings. The number of nitro groups is 1. The minimum absolute atomic E-state index is 0. The van der Waals surface area contributed by atoms with E-state index >= 15 is 0 Å². The summed E-state index contributed by atoms with van der Waals surface area (Å²) in [5, 5.41) is 15.9. The van der Waals surface area contributed by atoms with Crippen LogP contribution in [0.25, 0.3) is 22.3 Å². The standard InChI is InChI=1S/C28H34N8O5.CH4/c1-17(2)41-27(37)19-15-30-28(32-25(19)20-16-35(6)26-18(20)9-8-10-29-26)31-21-13-23(36(38)39)22(14-24(21)40-7)34(5)12-11-33(3)4;/h8-10,13-17H,11-12H2,1-7H3,(H,30,31,32);1H4. The number of aryl methyl sites for hydroxylation is 1. The number of pyridine rings is 1. The van der Waals surface area contributed by atoms with Gasteiger partial charge in [0.1, 0.15) is 22.6 Å². The molecule has 0 aliphatic carbocycles. The fraction of sp³-hybridized carbons (Fsp3) is 0.379. The molecule has 13 nitrogen and oxygen atoms in total. The highest BCUT2D eigenvalue weighted by Crippen LogP contribution is 2.39. The van der Waals surface area contributed by atoms with E-state index in [1.165, 1.54) is 19.4 Å². The molecule has 0 spiro atoms. The molecule has 3 aromatic heterocycles. The van der Waals surface area contributed by atoms with Gasteiger partial charge in [0.25, 0.3) is 5.69 Å². The summed E-state index contributed by atoms with van der Waals surface area (Å²) >= 11 is 0. The number of methoxy groups -OCH3 is 1. The Bertz CT molecular complexity index is 1580. The Morgan fingerprint density at radius 3 is 2.57 bits per heavy atom. The third-order valence-corrected chi connectivity index (χ3v) is 6.37. The second kappa shape index (κ2) is 13.3. The van der Waals surface area contributed by atoms with Crippen molar-refractivity contribution in [3.8, 4) is 17.0 Å². The molecule has 4 aromatic rings. The first-order chi connectivity index (χ1) is 19.5. The molecule has 0 aliphatic heterocycles. The minimum Gasteiger partial charge on any atom is -0.494 e. The average molecular weight is 579 g/mol. The van der Waals surface area contributed by atoms with Gasteiger partial charge in [-0.1, -0.05) is 7.43 Å². The number of esters is 1. The summed E-state index contributed by atoms with van der Waals surface area (Å²) in [6.45, 7) is 4.81. The number of ether oxygens (including phenoxy) is 2. The van der Waals surface area contributed by atoms with E-state index in [0.717, 1.165) is 5.39 Å². The first-order valence-corrected chi connectivity index (χ1v) is 13.0. The summed E-state index contributed by atoms with van der Waals surface area (Å²) < 4.78 is 12.9. The Balaban J connectivity index is 0.00000484. The fourth-order valence-electron chi connectivity index (χ4n) is 4.34. The van der Waals surface area contributed by atoms with Crippen LogP contribution in [0, 0.1) is 10.1 Å². The van der Waals surface area contributed by atoms with E-state index in [1.807, 2.05) is 47.8 Å². The van der Waals surface area contributed by atoms with Crippen LogP contribution in [0.15, 0.2) is 42.9 Å². The molecule has 42 heavy (non-hydrogen) atoms. The van der Waals surface area contributed by atoms with E-state index in [4.69, 9.17) is 9.47 Å². The molecule has 0 saturated heterocycles. The number of carbonyl (C=O) groups is 1. The third-order valence-electron chi connectivity index (χ3n) is 6.37. The van der Waals surface area contributed by atoms with Crippen LogP contribution in [-0.2, 0) is 11.8 Å². The summed E-state index contributed by atoms with van der Waals surface area (Å²) in [5.41, 5.74) is 2.49. The maximum absolute atomic E-state index is 13.0. The maximum atomic E-state index is 13.0. The van der Waals surface area contributed by atoms with Gasteiger partial charge in [-0.2, -0.15) is 0 Å². The third kappa shape index (κ3) is 6.74. The van der Waals surface area contributed by atoms with Gasteiger partial charge in [0.05, 0.1) is 29.5 Å². The molecule has 3 heterocycles. The number of benzene rings is 1. The number of nitro benzene ring substituents is 1. The van der Waals surface area contributed by atoms with Crippen LogP contribution in [0.1, 0.15) is 31.6 Å². The quantitative estimate of drug-likeness (QED) is 0.148. The van der Waals surface area contributed by atoms with Gasteiger partial charge >= 0.3 is 5.97 Å². The van der Waals surface area contributed by atoms with Crippen LogP contribution in [-0.4, -0.2) is 82.8 Å². The van der Waals surface area contributed by atoms with Crippen LogP contribution < -0.4 is 15.0 Å². The molecule has 0 bridgehead atoms. The van der Waals surface area contributed by atoms with Crippen molar-refractivity contribution in [1.29, 1.82) is 0 Å². The van der Waals surface area contributed by atoms with Gasteiger partial charge in [-0.15, -0.1) is 0 Å². The van der Waals surface area contributed by atoms with Crippen molar-refractivity contribution in [2.75, 3.05) is 51.6 Å². The van der Waals surface area contributed by atoms with Gasteiger partial charge in [0.2, 0.25) is 5.95 Å². The van der Waals surface area contributed by atoms with Crippen molar-refractivity contribution < 1.29 is 19.2 Å². The van der Waals surface area contributed by atoms with Gasteiger partial charge in [0, 0.05) is 68.9 Å². The van der Waals surface area contributed by atoms with E-state index in [1.54, 1.807) is 39.2 Å². The number of rotatable bonds is 11. The molecule has 13 heteroatoms. The average Bonchev–Trinajstić information content (AvgIpc) is 3.27. The SMILES string of the molecule is C.COc1cc(N(C)CCN(C)C)c([N+](=O)[O-])cc1Nc1ncc(C(=O)OC(C)C)c(-c2cn(C)c3ncccc23)n1. The molecular weight excluding hydrogens is 540 g/mol. The van der Waals surface area contributed by atoms with E-state index in [-0.39, 0.29) is 30.7 Å². The van der Waals surface area contributed by atoms with Gasteiger partial charge in [0.15, 0.2) is 0 Å². The molecule has 0 fully saturated rings. The summed E-state index contributed by atoms with van der Waals surface area (Å²) in [6.07, 6.45) is 4.56. The summed E-state index contributed by atoms with van der Waals surface area (Å²) in [7, 11) is 9.00. The van der Waals surface area contributed by atoms with Gasteiger partial charge in [-0.3, -0.25) is 10.1 Å². The zero-order valence-electron chi connectivity index (χ0n) is 24.2. The summed E-state index contributed by atoms with van der Waals surface area (Å²) in [4.78, 5) is 41.9. The second-order valence-electron chi connectivity index (χ2n) is 10.1. The number of nitrogens with zero attached hydrogens (tertiary/aromatic N) is 7. The molecule has 0 radical (unpaired) electrons. The predicted molar refractivity (Wildman–Crippen MR) is 164 cm³/mol. The first kappa shape index (κ1) is 31.7.